The second kappa shape index (κ2) is 12.1. The van der Waals surface area contributed by atoms with Crippen LogP contribution >= 0.6 is 11.8 Å². The molecule has 0 radical (unpaired) electrons. The lowest BCUT2D eigenvalue weighted by atomic mass is 9.94. The molecule has 1 saturated heterocycles. The van der Waals surface area contributed by atoms with E-state index in [0.29, 0.717) is 12.1 Å². The number of amides is 1. The number of nitrogens with zero attached hydrogens (tertiary/aromatic N) is 3. The molecule has 0 bridgehead atoms. The monoisotopic (exact) mass is 517 g/mol. The predicted octanol–water partition coefficient (Wildman–Crippen LogP) is 8.37. The minimum Gasteiger partial charge on any atom is -0.318 e. The zero-order valence-corrected chi connectivity index (χ0v) is 23.8. The molecule has 2 aliphatic carbocycles. The molecule has 198 valence electrons. The van der Waals surface area contributed by atoms with Crippen LogP contribution in [0.3, 0.4) is 0 Å². The molecule has 0 N–H and O–H groups in total. The molecule has 5 rings (SSSR count). The van der Waals surface area contributed by atoms with E-state index in [1.165, 1.54) is 74.0 Å². The number of aromatic nitrogens is 1. The highest BCUT2D eigenvalue weighted by atomic mass is 32.2. The van der Waals surface area contributed by atoms with E-state index in [1.54, 1.807) is 11.8 Å². The number of amidine groups is 1. The molecule has 0 atom stereocenters. The van der Waals surface area contributed by atoms with Gasteiger partial charge in [0.1, 0.15) is 0 Å². The Morgan fingerprint density at radius 1 is 0.973 bits per heavy atom. The maximum Gasteiger partial charge on any atom is 0.267 e. The van der Waals surface area contributed by atoms with Crippen LogP contribution in [0, 0.1) is 13.8 Å². The topological polar surface area (TPSA) is 37.6 Å². The van der Waals surface area contributed by atoms with E-state index in [4.69, 9.17) is 4.99 Å². The number of carbonyl (C=O) groups is 1. The van der Waals surface area contributed by atoms with Gasteiger partial charge in [-0.3, -0.25) is 14.7 Å². The normalized spacial score (nSPS) is 22.0. The van der Waals surface area contributed by atoms with Crippen molar-refractivity contribution >= 4 is 28.9 Å². The molecule has 4 nitrogen and oxygen atoms in total. The number of benzene rings is 1. The summed E-state index contributed by atoms with van der Waals surface area (Å²) >= 11 is 1.62. The number of unbranched alkanes of at least 4 members (excludes halogenated alkanes) is 1. The van der Waals surface area contributed by atoms with Gasteiger partial charge in [0.25, 0.3) is 5.91 Å². The molecular formula is C32H43N3OS. The van der Waals surface area contributed by atoms with Gasteiger partial charge in [0.15, 0.2) is 5.17 Å². The van der Waals surface area contributed by atoms with Crippen LogP contribution in [-0.4, -0.2) is 32.6 Å². The van der Waals surface area contributed by atoms with Crippen LogP contribution in [0.2, 0.25) is 0 Å². The lowest BCUT2D eigenvalue weighted by Crippen LogP contribution is -2.41. The van der Waals surface area contributed by atoms with Crippen molar-refractivity contribution in [2.24, 2.45) is 4.99 Å². The highest BCUT2D eigenvalue weighted by molar-refractivity contribution is 8.18. The van der Waals surface area contributed by atoms with E-state index in [9.17, 15) is 4.79 Å². The Kier molecular flexibility index (Phi) is 8.59. The third-order valence-corrected chi connectivity index (χ3v) is 9.41. The largest absolute Gasteiger partial charge is 0.318 e. The molecule has 2 heterocycles. The fraction of sp³-hybridized carbons (Fsp3) is 0.562. The Labute approximate surface area is 227 Å². The van der Waals surface area contributed by atoms with E-state index in [2.05, 4.69) is 66.6 Å². The number of aliphatic imine (C=N–C) groups is 1. The fourth-order valence-corrected chi connectivity index (χ4v) is 7.37. The van der Waals surface area contributed by atoms with Crippen molar-refractivity contribution < 1.29 is 4.79 Å². The minimum absolute atomic E-state index is 0.163. The maximum absolute atomic E-state index is 13.8. The van der Waals surface area contributed by atoms with Gasteiger partial charge in [-0.1, -0.05) is 64.0 Å². The summed E-state index contributed by atoms with van der Waals surface area (Å²) < 4.78 is 2.32. The summed E-state index contributed by atoms with van der Waals surface area (Å²) in [5.41, 5.74) is 6.10. The Hall–Kier alpha value is -2.27. The molecule has 0 spiro atoms. The molecule has 0 unspecified atom stereocenters. The van der Waals surface area contributed by atoms with Crippen LogP contribution in [0.5, 0.6) is 0 Å². The zero-order chi connectivity index (χ0) is 25.8. The quantitative estimate of drug-likeness (QED) is 0.346. The lowest BCUT2D eigenvalue weighted by molar-refractivity contribution is -0.124. The summed E-state index contributed by atoms with van der Waals surface area (Å²) in [6.45, 7) is 6.57. The first kappa shape index (κ1) is 26.3. The second-order valence-corrected chi connectivity index (χ2v) is 12.2. The van der Waals surface area contributed by atoms with E-state index in [1.807, 2.05) is 0 Å². The smallest absolute Gasteiger partial charge is 0.267 e. The van der Waals surface area contributed by atoms with E-state index in [-0.39, 0.29) is 5.91 Å². The van der Waals surface area contributed by atoms with Crippen molar-refractivity contribution in [2.75, 3.05) is 0 Å². The molecule has 3 aliphatic rings. The van der Waals surface area contributed by atoms with Gasteiger partial charge in [-0.05, 0) is 99.5 Å². The molecule has 1 amide bonds. The second-order valence-electron chi connectivity index (χ2n) is 11.2. The number of hydrogen-bond donors (Lipinski definition) is 0. The highest BCUT2D eigenvalue weighted by Gasteiger charge is 2.39. The first-order valence-corrected chi connectivity index (χ1v) is 15.5. The molecule has 1 aromatic heterocycles. The summed E-state index contributed by atoms with van der Waals surface area (Å²) in [6.07, 6.45) is 17.8. The SMILES string of the molecule is CCCCc1ccc(-n2c(C)cc(C=C3SC(=NC4CCCCC4)N(C4CCCCC4)C3=O)c2C)cc1. The number of thioether (sulfide) groups is 1. The van der Waals surface area contributed by atoms with Gasteiger partial charge in [0.2, 0.25) is 0 Å². The summed E-state index contributed by atoms with van der Waals surface area (Å²) in [5, 5.41) is 0.964. The van der Waals surface area contributed by atoms with Crippen molar-refractivity contribution in [3.63, 3.8) is 0 Å². The van der Waals surface area contributed by atoms with Crippen LogP contribution in [0.4, 0.5) is 0 Å². The molecule has 5 heteroatoms. The Morgan fingerprint density at radius 2 is 1.65 bits per heavy atom. The highest BCUT2D eigenvalue weighted by Crippen LogP contribution is 2.39. The van der Waals surface area contributed by atoms with Crippen LogP contribution in [0.15, 0.2) is 40.2 Å². The molecule has 1 aromatic carbocycles. The lowest BCUT2D eigenvalue weighted by Gasteiger charge is -2.31. The summed E-state index contributed by atoms with van der Waals surface area (Å²) in [7, 11) is 0. The Balaban J connectivity index is 1.43. The van der Waals surface area contributed by atoms with Crippen molar-refractivity contribution in [2.45, 2.75) is 116 Å². The van der Waals surface area contributed by atoms with Crippen LogP contribution in [-0.2, 0) is 11.2 Å². The third kappa shape index (κ3) is 5.92. The van der Waals surface area contributed by atoms with Crippen molar-refractivity contribution in [3.05, 3.63) is 57.8 Å². The number of aryl methyl sites for hydroxylation is 2. The van der Waals surface area contributed by atoms with Crippen LogP contribution in [0.1, 0.15) is 106 Å². The van der Waals surface area contributed by atoms with E-state index < -0.39 is 0 Å². The average Bonchev–Trinajstić information content (AvgIpc) is 3.38. The minimum atomic E-state index is 0.163. The van der Waals surface area contributed by atoms with Gasteiger partial charge in [-0.2, -0.15) is 0 Å². The summed E-state index contributed by atoms with van der Waals surface area (Å²) in [5.74, 6) is 0.163. The van der Waals surface area contributed by atoms with Gasteiger partial charge in [-0.15, -0.1) is 0 Å². The van der Waals surface area contributed by atoms with Crippen molar-refractivity contribution in [1.29, 1.82) is 0 Å². The van der Waals surface area contributed by atoms with Crippen LogP contribution in [0.25, 0.3) is 11.8 Å². The molecule has 3 fully saturated rings. The number of rotatable bonds is 7. The average molecular weight is 518 g/mol. The van der Waals surface area contributed by atoms with E-state index >= 15 is 0 Å². The standard InChI is InChI=1S/C32H43N3OS/c1-4-5-12-25-17-19-29(20-18-25)34-23(2)21-26(24(34)3)22-30-31(36)35(28-15-10-7-11-16-28)32(37-30)33-27-13-8-6-9-14-27/h17-22,27-28H,4-16H2,1-3H3. The zero-order valence-electron chi connectivity index (χ0n) is 23.0. The third-order valence-electron chi connectivity index (χ3n) is 8.41. The number of hydrogen-bond acceptors (Lipinski definition) is 3. The van der Waals surface area contributed by atoms with Crippen molar-refractivity contribution in [1.82, 2.24) is 9.47 Å². The molecule has 2 aromatic rings. The van der Waals surface area contributed by atoms with Gasteiger partial charge >= 0.3 is 0 Å². The fourth-order valence-electron chi connectivity index (χ4n) is 6.27. The molecular weight excluding hydrogens is 474 g/mol. The summed E-state index contributed by atoms with van der Waals surface area (Å²) in [6, 6.07) is 11.9. The maximum atomic E-state index is 13.8. The van der Waals surface area contributed by atoms with Gasteiger partial charge in [0, 0.05) is 23.1 Å². The van der Waals surface area contributed by atoms with Gasteiger partial charge < -0.3 is 4.57 Å². The molecule has 1 aliphatic heterocycles. The summed E-state index contributed by atoms with van der Waals surface area (Å²) in [4.78, 5) is 21.9. The predicted molar refractivity (Wildman–Crippen MR) is 157 cm³/mol. The van der Waals surface area contributed by atoms with E-state index in [0.717, 1.165) is 47.7 Å². The van der Waals surface area contributed by atoms with Gasteiger partial charge in [0.05, 0.1) is 10.9 Å². The molecule has 2 saturated carbocycles. The molecule has 37 heavy (non-hydrogen) atoms. The number of carbonyl (C=O) groups excluding carboxylic acids is 1. The first-order valence-electron chi connectivity index (χ1n) is 14.6. The Morgan fingerprint density at radius 3 is 2.32 bits per heavy atom. The van der Waals surface area contributed by atoms with Crippen LogP contribution < -0.4 is 0 Å². The van der Waals surface area contributed by atoms with Crippen molar-refractivity contribution in [3.8, 4) is 5.69 Å². The first-order chi connectivity index (χ1) is 18.0. The van der Waals surface area contributed by atoms with Gasteiger partial charge in [-0.25, -0.2) is 0 Å². The Bertz CT molecular complexity index is 1150.